The summed E-state index contributed by atoms with van der Waals surface area (Å²) in [5.74, 6) is 0. The summed E-state index contributed by atoms with van der Waals surface area (Å²) in [6.07, 6.45) is 1.69. The van der Waals surface area contributed by atoms with Gasteiger partial charge >= 0.3 is 0 Å². The predicted molar refractivity (Wildman–Crippen MR) is 76.1 cm³/mol. The van der Waals surface area contributed by atoms with Gasteiger partial charge in [0.2, 0.25) is 0 Å². The molecule has 0 aliphatic heterocycles. The van der Waals surface area contributed by atoms with E-state index in [1.54, 1.807) is 4.68 Å². The number of aromatic nitrogens is 4. The fraction of sp³-hybridized carbons (Fsp3) is 0.267. The summed E-state index contributed by atoms with van der Waals surface area (Å²) in [5.41, 5.74) is 3.58. The van der Waals surface area contributed by atoms with Gasteiger partial charge in [-0.3, -0.25) is 9.67 Å². The van der Waals surface area contributed by atoms with Gasteiger partial charge in [0.25, 0.3) is 0 Å². The molecule has 0 saturated carbocycles. The average Bonchev–Trinajstić information content (AvgIpc) is 2.83. The zero-order chi connectivity index (χ0) is 14.1. The van der Waals surface area contributed by atoms with Crippen LogP contribution in [-0.2, 0) is 13.5 Å². The maximum Gasteiger partial charge on any atom is 0.0856 e. The number of benzene rings is 1. The first-order valence-corrected chi connectivity index (χ1v) is 6.52. The highest BCUT2D eigenvalue weighted by atomic mass is 16.3. The highest BCUT2D eigenvalue weighted by Gasteiger charge is 2.11. The number of aliphatic hydroxyl groups is 1. The molecule has 3 aromatic rings. The van der Waals surface area contributed by atoms with E-state index in [1.807, 2.05) is 50.5 Å². The predicted octanol–water partition coefficient (Wildman–Crippen LogP) is 1.95. The lowest BCUT2D eigenvalue weighted by Gasteiger charge is -2.10. The van der Waals surface area contributed by atoms with Crippen molar-refractivity contribution in [3.05, 3.63) is 53.5 Å². The van der Waals surface area contributed by atoms with E-state index in [2.05, 4.69) is 15.3 Å². The second kappa shape index (κ2) is 5.02. The quantitative estimate of drug-likeness (QED) is 0.788. The second-order valence-corrected chi connectivity index (χ2v) is 5.01. The van der Waals surface area contributed by atoms with Crippen LogP contribution in [0.4, 0.5) is 0 Å². The number of fused-ring (bicyclic) bond motifs is 1. The summed E-state index contributed by atoms with van der Waals surface area (Å²) in [6.45, 7) is 1.97. The van der Waals surface area contributed by atoms with Crippen molar-refractivity contribution in [1.82, 2.24) is 20.0 Å². The van der Waals surface area contributed by atoms with Crippen LogP contribution in [0.15, 0.2) is 36.5 Å². The minimum Gasteiger partial charge on any atom is -0.388 e. The number of hydrogen-bond acceptors (Lipinski definition) is 4. The average molecular weight is 268 g/mol. The van der Waals surface area contributed by atoms with Gasteiger partial charge in [-0.15, -0.1) is 5.10 Å². The standard InChI is InChI=1S/C15H16N4O/c1-10-3-4-11-7-12(5-6-14(11)16-10)15(20)8-13-9-19(2)18-17-13/h3-7,9,15,20H,8H2,1-2H3. The van der Waals surface area contributed by atoms with Crippen LogP contribution in [0.25, 0.3) is 10.9 Å². The lowest BCUT2D eigenvalue weighted by molar-refractivity contribution is 0.177. The fourth-order valence-electron chi connectivity index (χ4n) is 2.26. The first-order valence-electron chi connectivity index (χ1n) is 6.52. The molecule has 2 heterocycles. The van der Waals surface area contributed by atoms with E-state index in [9.17, 15) is 5.11 Å². The lowest BCUT2D eigenvalue weighted by atomic mass is 10.0. The molecule has 1 aromatic carbocycles. The topological polar surface area (TPSA) is 63.8 Å². The fourth-order valence-corrected chi connectivity index (χ4v) is 2.26. The minimum atomic E-state index is -0.586. The van der Waals surface area contributed by atoms with Crippen LogP contribution in [0.2, 0.25) is 0 Å². The first-order chi connectivity index (χ1) is 9.61. The highest BCUT2D eigenvalue weighted by Crippen LogP contribution is 2.22. The minimum absolute atomic E-state index is 0.457. The van der Waals surface area contributed by atoms with Crippen LogP contribution in [0, 0.1) is 6.92 Å². The maximum atomic E-state index is 10.3. The number of pyridine rings is 1. The van der Waals surface area contributed by atoms with Gasteiger partial charge in [0.1, 0.15) is 0 Å². The van der Waals surface area contributed by atoms with Gasteiger partial charge < -0.3 is 5.11 Å². The summed E-state index contributed by atoms with van der Waals surface area (Å²) < 4.78 is 1.63. The molecule has 1 atom stereocenters. The molecule has 0 radical (unpaired) electrons. The molecule has 0 saturated heterocycles. The van der Waals surface area contributed by atoms with Crippen LogP contribution in [0.5, 0.6) is 0 Å². The van der Waals surface area contributed by atoms with Crippen molar-refractivity contribution >= 4 is 10.9 Å². The Morgan fingerprint density at radius 1 is 1.25 bits per heavy atom. The summed E-state index contributed by atoms with van der Waals surface area (Å²) in [7, 11) is 1.81. The Labute approximate surface area is 116 Å². The number of hydrogen-bond donors (Lipinski definition) is 1. The van der Waals surface area contributed by atoms with Crippen molar-refractivity contribution in [1.29, 1.82) is 0 Å². The van der Waals surface area contributed by atoms with Gasteiger partial charge in [-0.25, -0.2) is 0 Å². The molecule has 0 bridgehead atoms. The Morgan fingerprint density at radius 3 is 2.85 bits per heavy atom. The molecule has 1 unspecified atom stereocenters. The molecule has 5 nitrogen and oxygen atoms in total. The van der Waals surface area contributed by atoms with Crippen molar-refractivity contribution < 1.29 is 5.11 Å². The van der Waals surface area contributed by atoms with Crippen LogP contribution in [0.3, 0.4) is 0 Å². The molecule has 5 heteroatoms. The van der Waals surface area contributed by atoms with Crippen LogP contribution >= 0.6 is 0 Å². The van der Waals surface area contributed by atoms with Gasteiger partial charge in [0, 0.05) is 30.7 Å². The zero-order valence-electron chi connectivity index (χ0n) is 11.5. The molecule has 102 valence electrons. The van der Waals surface area contributed by atoms with Gasteiger partial charge in [0.15, 0.2) is 0 Å². The van der Waals surface area contributed by atoms with E-state index >= 15 is 0 Å². The van der Waals surface area contributed by atoms with E-state index in [4.69, 9.17) is 0 Å². The lowest BCUT2D eigenvalue weighted by Crippen LogP contribution is -2.02. The third kappa shape index (κ3) is 2.53. The van der Waals surface area contributed by atoms with E-state index < -0.39 is 6.10 Å². The number of aliphatic hydroxyl groups excluding tert-OH is 1. The van der Waals surface area contributed by atoms with Crippen LogP contribution < -0.4 is 0 Å². The number of aryl methyl sites for hydroxylation is 2. The maximum absolute atomic E-state index is 10.3. The van der Waals surface area contributed by atoms with E-state index in [0.717, 1.165) is 27.9 Å². The third-order valence-corrected chi connectivity index (χ3v) is 3.29. The summed E-state index contributed by atoms with van der Waals surface area (Å²) >= 11 is 0. The molecule has 1 N–H and O–H groups in total. The molecular weight excluding hydrogens is 252 g/mol. The molecule has 0 amide bonds. The van der Waals surface area contributed by atoms with Crippen LogP contribution in [-0.4, -0.2) is 25.1 Å². The molecule has 0 aliphatic rings. The smallest absolute Gasteiger partial charge is 0.0856 e. The molecule has 20 heavy (non-hydrogen) atoms. The molecule has 0 spiro atoms. The molecule has 2 aromatic heterocycles. The Bertz CT molecular complexity index is 750. The number of rotatable bonds is 3. The van der Waals surface area contributed by atoms with Crippen molar-refractivity contribution in [3.63, 3.8) is 0 Å². The molecular formula is C15H16N4O. The zero-order valence-corrected chi connectivity index (χ0v) is 11.5. The first kappa shape index (κ1) is 12.7. The highest BCUT2D eigenvalue weighted by molar-refractivity contribution is 5.79. The van der Waals surface area contributed by atoms with Crippen molar-refractivity contribution in [2.75, 3.05) is 0 Å². The Morgan fingerprint density at radius 2 is 2.10 bits per heavy atom. The van der Waals surface area contributed by atoms with E-state index in [-0.39, 0.29) is 0 Å². The van der Waals surface area contributed by atoms with Crippen molar-refractivity contribution in [2.24, 2.45) is 7.05 Å². The molecule has 0 fully saturated rings. The van der Waals surface area contributed by atoms with Crippen molar-refractivity contribution in [2.45, 2.75) is 19.4 Å². The van der Waals surface area contributed by atoms with Crippen LogP contribution in [0.1, 0.15) is 23.1 Å². The SMILES string of the molecule is Cc1ccc2cc(C(O)Cc3cn(C)nn3)ccc2n1. The van der Waals surface area contributed by atoms with E-state index in [0.29, 0.717) is 6.42 Å². The van der Waals surface area contributed by atoms with Gasteiger partial charge in [-0.2, -0.15) is 0 Å². The van der Waals surface area contributed by atoms with Gasteiger partial charge in [-0.05, 0) is 30.7 Å². The van der Waals surface area contributed by atoms with Gasteiger partial charge in [-0.1, -0.05) is 17.3 Å². The van der Waals surface area contributed by atoms with E-state index in [1.165, 1.54) is 0 Å². The van der Waals surface area contributed by atoms with Gasteiger partial charge in [0.05, 0.1) is 17.3 Å². The summed E-state index contributed by atoms with van der Waals surface area (Å²) in [4.78, 5) is 4.46. The second-order valence-electron chi connectivity index (χ2n) is 5.01. The normalized spacial score (nSPS) is 12.8. The Kier molecular flexibility index (Phi) is 3.20. The summed E-state index contributed by atoms with van der Waals surface area (Å²) in [6, 6.07) is 9.83. The molecule has 0 aliphatic carbocycles. The number of nitrogens with zero attached hydrogens (tertiary/aromatic N) is 4. The monoisotopic (exact) mass is 268 g/mol. The van der Waals surface area contributed by atoms with Crippen molar-refractivity contribution in [3.8, 4) is 0 Å². The largest absolute Gasteiger partial charge is 0.388 e. The Balaban J connectivity index is 1.87. The summed E-state index contributed by atoms with van der Waals surface area (Å²) in [5, 5.41) is 19.2. The molecule has 3 rings (SSSR count). The Hall–Kier alpha value is -2.27. The third-order valence-electron chi connectivity index (χ3n) is 3.29.